The van der Waals surface area contributed by atoms with E-state index in [9.17, 15) is 0 Å². The fourth-order valence-corrected chi connectivity index (χ4v) is 2.04. The quantitative estimate of drug-likeness (QED) is 0.860. The molecule has 0 unspecified atom stereocenters. The maximum Gasteiger partial charge on any atom is 0.0994 e. The van der Waals surface area contributed by atoms with Gasteiger partial charge in [0, 0.05) is 5.69 Å². The van der Waals surface area contributed by atoms with E-state index < -0.39 is 5.54 Å². The molecule has 2 N–H and O–H groups in total. The van der Waals surface area contributed by atoms with Crippen LogP contribution in [0.25, 0.3) is 5.69 Å². The van der Waals surface area contributed by atoms with Gasteiger partial charge in [0.05, 0.1) is 23.8 Å². The lowest BCUT2D eigenvalue weighted by Crippen LogP contribution is -2.31. The Morgan fingerprint density at radius 3 is 2.53 bits per heavy atom. The van der Waals surface area contributed by atoms with E-state index in [1.54, 1.807) is 0 Å². The van der Waals surface area contributed by atoms with Crippen LogP contribution in [-0.2, 0) is 5.54 Å². The summed E-state index contributed by atoms with van der Waals surface area (Å²) in [6, 6.07) is 6.39. The summed E-state index contributed by atoms with van der Waals surface area (Å²) >= 11 is 0. The first-order valence-corrected chi connectivity index (χ1v) is 5.79. The predicted octanol–water partition coefficient (Wildman–Crippen LogP) is 2.68. The van der Waals surface area contributed by atoms with E-state index >= 15 is 0 Å². The van der Waals surface area contributed by atoms with Crippen LogP contribution in [0.15, 0.2) is 30.7 Å². The van der Waals surface area contributed by atoms with Crippen molar-refractivity contribution in [1.29, 1.82) is 0 Å². The molecule has 0 amide bonds. The summed E-state index contributed by atoms with van der Waals surface area (Å²) < 4.78 is 2.06. The summed E-state index contributed by atoms with van der Waals surface area (Å²) in [5.74, 6) is 0. The van der Waals surface area contributed by atoms with Gasteiger partial charge >= 0.3 is 0 Å². The molecular weight excluding hydrogens is 210 g/mol. The van der Waals surface area contributed by atoms with Crippen molar-refractivity contribution in [2.24, 2.45) is 5.73 Å². The molecule has 2 aromatic rings. The summed E-state index contributed by atoms with van der Waals surface area (Å²) in [6.07, 6.45) is 3.65. The molecule has 17 heavy (non-hydrogen) atoms. The van der Waals surface area contributed by atoms with Gasteiger partial charge in [0.25, 0.3) is 0 Å². The largest absolute Gasteiger partial charge is 0.321 e. The van der Waals surface area contributed by atoms with Gasteiger partial charge in [-0.25, -0.2) is 4.98 Å². The molecule has 1 aromatic carbocycles. The highest BCUT2D eigenvalue weighted by Gasteiger charge is 2.20. The zero-order valence-electron chi connectivity index (χ0n) is 10.9. The van der Waals surface area contributed by atoms with Crippen LogP contribution in [0.5, 0.6) is 0 Å². The third kappa shape index (κ3) is 2.24. The molecule has 0 atom stereocenters. The Morgan fingerprint density at radius 1 is 1.24 bits per heavy atom. The molecule has 1 heterocycles. The number of imidazole rings is 1. The van der Waals surface area contributed by atoms with Crippen LogP contribution in [0.3, 0.4) is 0 Å². The second-order valence-electron chi connectivity index (χ2n) is 5.16. The Hall–Kier alpha value is -1.61. The standard InChI is InChI=1S/C14H19N3/c1-10-5-6-12(11(2)7-10)17-9-16-8-13(17)14(3,4)15/h5-9H,15H2,1-4H3. The van der Waals surface area contributed by atoms with Gasteiger partial charge in [-0.05, 0) is 39.3 Å². The van der Waals surface area contributed by atoms with Crippen molar-refractivity contribution in [1.82, 2.24) is 9.55 Å². The molecule has 0 radical (unpaired) electrons. The lowest BCUT2D eigenvalue weighted by atomic mass is 10.0. The minimum Gasteiger partial charge on any atom is -0.321 e. The highest BCUT2D eigenvalue weighted by atomic mass is 15.1. The van der Waals surface area contributed by atoms with Gasteiger partial charge in [-0.3, -0.25) is 0 Å². The molecular formula is C14H19N3. The fraction of sp³-hybridized carbons (Fsp3) is 0.357. The van der Waals surface area contributed by atoms with E-state index in [0.29, 0.717) is 0 Å². The first-order chi connectivity index (χ1) is 7.89. The number of benzene rings is 1. The normalized spacial score (nSPS) is 11.8. The first-order valence-electron chi connectivity index (χ1n) is 5.79. The third-order valence-electron chi connectivity index (χ3n) is 2.91. The maximum absolute atomic E-state index is 6.16. The van der Waals surface area contributed by atoms with Crippen LogP contribution in [0.1, 0.15) is 30.7 Å². The van der Waals surface area contributed by atoms with Crippen LogP contribution in [0, 0.1) is 13.8 Å². The second-order valence-corrected chi connectivity index (χ2v) is 5.16. The fourth-order valence-electron chi connectivity index (χ4n) is 2.04. The van der Waals surface area contributed by atoms with Gasteiger partial charge in [-0.2, -0.15) is 0 Å². The molecule has 2 rings (SSSR count). The third-order valence-corrected chi connectivity index (χ3v) is 2.91. The van der Waals surface area contributed by atoms with Crippen molar-refractivity contribution in [2.75, 3.05) is 0 Å². The van der Waals surface area contributed by atoms with Crippen molar-refractivity contribution in [3.05, 3.63) is 47.5 Å². The van der Waals surface area contributed by atoms with Gasteiger partial charge < -0.3 is 10.3 Å². The Kier molecular flexibility index (Phi) is 2.79. The van der Waals surface area contributed by atoms with Crippen molar-refractivity contribution in [3.63, 3.8) is 0 Å². The molecule has 0 saturated carbocycles. The van der Waals surface area contributed by atoms with E-state index in [1.807, 2.05) is 26.4 Å². The Labute approximate surface area is 102 Å². The topological polar surface area (TPSA) is 43.8 Å². The van der Waals surface area contributed by atoms with E-state index in [-0.39, 0.29) is 0 Å². The first kappa shape index (κ1) is 11.9. The minimum atomic E-state index is -0.395. The Balaban J connectivity index is 2.58. The molecule has 1 aromatic heterocycles. The van der Waals surface area contributed by atoms with Gasteiger partial charge in [-0.1, -0.05) is 17.7 Å². The molecule has 0 aliphatic heterocycles. The Morgan fingerprint density at radius 2 is 1.94 bits per heavy atom. The molecule has 90 valence electrons. The van der Waals surface area contributed by atoms with Crippen molar-refractivity contribution < 1.29 is 0 Å². The van der Waals surface area contributed by atoms with Crippen LogP contribution in [0.4, 0.5) is 0 Å². The van der Waals surface area contributed by atoms with Crippen molar-refractivity contribution >= 4 is 0 Å². The molecule has 3 heteroatoms. The number of nitrogens with two attached hydrogens (primary N) is 1. The number of hydrogen-bond donors (Lipinski definition) is 1. The lowest BCUT2D eigenvalue weighted by molar-refractivity contribution is 0.524. The molecule has 0 fully saturated rings. The zero-order valence-corrected chi connectivity index (χ0v) is 10.9. The van der Waals surface area contributed by atoms with E-state index in [1.165, 1.54) is 11.1 Å². The second kappa shape index (κ2) is 4.00. The number of nitrogens with zero attached hydrogens (tertiary/aromatic N) is 2. The maximum atomic E-state index is 6.16. The van der Waals surface area contributed by atoms with E-state index in [0.717, 1.165) is 11.4 Å². The molecule has 0 spiro atoms. The van der Waals surface area contributed by atoms with Crippen LogP contribution < -0.4 is 5.73 Å². The summed E-state index contributed by atoms with van der Waals surface area (Å²) in [5.41, 5.74) is 10.4. The summed E-state index contributed by atoms with van der Waals surface area (Å²) in [6.45, 7) is 8.18. The van der Waals surface area contributed by atoms with E-state index in [4.69, 9.17) is 5.73 Å². The zero-order chi connectivity index (χ0) is 12.6. The highest BCUT2D eigenvalue weighted by molar-refractivity contribution is 5.44. The molecule has 0 saturated heterocycles. The van der Waals surface area contributed by atoms with Crippen LogP contribution in [-0.4, -0.2) is 9.55 Å². The average molecular weight is 229 g/mol. The average Bonchev–Trinajstić information content (AvgIpc) is 2.65. The number of aryl methyl sites for hydroxylation is 2. The van der Waals surface area contributed by atoms with E-state index in [2.05, 4.69) is 41.6 Å². The number of hydrogen-bond acceptors (Lipinski definition) is 2. The molecule has 0 bridgehead atoms. The smallest absolute Gasteiger partial charge is 0.0994 e. The van der Waals surface area contributed by atoms with Gasteiger partial charge in [0.2, 0.25) is 0 Å². The highest BCUT2D eigenvalue weighted by Crippen LogP contribution is 2.23. The molecule has 3 nitrogen and oxygen atoms in total. The SMILES string of the molecule is Cc1ccc(-n2cncc2C(C)(C)N)c(C)c1. The predicted molar refractivity (Wildman–Crippen MR) is 70.3 cm³/mol. The summed E-state index contributed by atoms with van der Waals surface area (Å²) in [7, 11) is 0. The van der Waals surface area contributed by atoms with Gasteiger partial charge in [-0.15, -0.1) is 0 Å². The summed E-state index contributed by atoms with van der Waals surface area (Å²) in [5, 5.41) is 0. The van der Waals surface area contributed by atoms with Crippen LogP contribution in [0.2, 0.25) is 0 Å². The monoisotopic (exact) mass is 229 g/mol. The lowest BCUT2D eigenvalue weighted by Gasteiger charge is -2.21. The summed E-state index contributed by atoms with van der Waals surface area (Å²) in [4.78, 5) is 4.21. The van der Waals surface area contributed by atoms with Crippen molar-refractivity contribution in [3.8, 4) is 5.69 Å². The number of rotatable bonds is 2. The van der Waals surface area contributed by atoms with Crippen LogP contribution >= 0.6 is 0 Å². The Bertz CT molecular complexity index is 533. The molecule has 0 aliphatic carbocycles. The van der Waals surface area contributed by atoms with Gasteiger partial charge in [0.1, 0.15) is 0 Å². The van der Waals surface area contributed by atoms with Gasteiger partial charge in [0.15, 0.2) is 0 Å². The molecule has 0 aliphatic rings. The van der Waals surface area contributed by atoms with Crippen molar-refractivity contribution in [2.45, 2.75) is 33.2 Å². The minimum absolute atomic E-state index is 0.395. The number of aromatic nitrogens is 2.